The molecule has 0 aliphatic rings. The Balaban J connectivity index is 2.04. The molecule has 1 heterocycles. The van der Waals surface area contributed by atoms with Crippen molar-refractivity contribution in [3.05, 3.63) is 53.5 Å². The van der Waals surface area contributed by atoms with E-state index in [1.807, 2.05) is 6.07 Å². The number of hydrogen-bond acceptors (Lipinski definition) is 4. The topological polar surface area (TPSA) is 57.9 Å². The van der Waals surface area contributed by atoms with Gasteiger partial charge >= 0.3 is 0 Å². The highest BCUT2D eigenvalue weighted by Gasteiger charge is 2.03. The number of halogens is 1. The second kappa shape index (κ2) is 5.83. The Hall–Kier alpha value is -2.61. The van der Waals surface area contributed by atoms with E-state index in [9.17, 15) is 4.39 Å². The summed E-state index contributed by atoms with van der Waals surface area (Å²) in [6.45, 7) is 0.325. The predicted octanol–water partition coefficient (Wildman–Crippen LogP) is 2.71. The van der Waals surface area contributed by atoms with E-state index in [2.05, 4.69) is 10.3 Å². The van der Waals surface area contributed by atoms with Gasteiger partial charge in [0.2, 0.25) is 5.88 Å². The second-order valence-corrected chi connectivity index (χ2v) is 3.86. The molecule has 0 bridgehead atoms. The Morgan fingerprint density at radius 3 is 2.79 bits per heavy atom. The SMILES string of the molecule is COc1ccc(NCc2ccc(C#N)cc2F)cn1. The number of anilines is 1. The minimum atomic E-state index is -0.395. The number of rotatable bonds is 4. The molecular weight excluding hydrogens is 245 g/mol. The van der Waals surface area contributed by atoms with Gasteiger partial charge < -0.3 is 10.1 Å². The molecule has 1 aromatic carbocycles. The van der Waals surface area contributed by atoms with Gasteiger partial charge in [0, 0.05) is 18.2 Å². The van der Waals surface area contributed by atoms with Crippen LogP contribution in [0.5, 0.6) is 5.88 Å². The summed E-state index contributed by atoms with van der Waals surface area (Å²) >= 11 is 0. The van der Waals surface area contributed by atoms with E-state index in [1.165, 1.54) is 6.07 Å². The molecule has 19 heavy (non-hydrogen) atoms. The van der Waals surface area contributed by atoms with Gasteiger partial charge in [-0.1, -0.05) is 6.07 Å². The maximum atomic E-state index is 13.6. The molecule has 1 aromatic heterocycles. The molecule has 0 spiro atoms. The lowest BCUT2D eigenvalue weighted by molar-refractivity contribution is 0.398. The Kier molecular flexibility index (Phi) is 3.94. The van der Waals surface area contributed by atoms with Crippen molar-refractivity contribution in [2.24, 2.45) is 0 Å². The maximum Gasteiger partial charge on any atom is 0.213 e. The highest BCUT2D eigenvalue weighted by Crippen LogP contribution is 2.14. The van der Waals surface area contributed by atoms with Crippen molar-refractivity contribution < 1.29 is 9.13 Å². The first-order valence-corrected chi connectivity index (χ1v) is 5.65. The average Bonchev–Trinajstić information content (AvgIpc) is 2.46. The molecule has 0 unspecified atom stereocenters. The van der Waals surface area contributed by atoms with E-state index < -0.39 is 5.82 Å². The van der Waals surface area contributed by atoms with E-state index in [4.69, 9.17) is 10.00 Å². The zero-order chi connectivity index (χ0) is 13.7. The zero-order valence-corrected chi connectivity index (χ0v) is 10.4. The molecule has 0 saturated heterocycles. The van der Waals surface area contributed by atoms with E-state index in [0.717, 1.165) is 5.69 Å². The molecule has 0 atom stereocenters. The summed E-state index contributed by atoms with van der Waals surface area (Å²) in [5, 5.41) is 11.7. The Bertz CT molecular complexity index is 605. The molecule has 2 aromatic rings. The molecule has 0 fully saturated rings. The van der Waals surface area contributed by atoms with Gasteiger partial charge in [-0.2, -0.15) is 5.26 Å². The van der Waals surface area contributed by atoms with E-state index >= 15 is 0 Å². The number of hydrogen-bond donors (Lipinski definition) is 1. The number of aromatic nitrogens is 1. The van der Waals surface area contributed by atoms with Crippen LogP contribution < -0.4 is 10.1 Å². The summed E-state index contributed by atoms with van der Waals surface area (Å²) in [6.07, 6.45) is 1.61. The number of nitriles is 1. The molecule has 0 amide bonds. The molecule has 4 nitrogen and oxygen atoms in total. The van der Waals surface area contributed by atoms with Crippen LogP contribution in [0.2, 0.25) is 0 Å². The number of nitrogens with one attached hydrogen (secondary N) is 1. The average molecular weight is 257 g/mol. The Morgan fingerprint density at radius 1 is 1.37 bits per heavy atom. The second-order valence-electron chi connectivity index (χ2n) is 3.86. The summed E-state index contributed by atoms with van der Waals surface area (Å²) < 4.78 is 18.6. The lowest BCUT2D eigenvalue weighted by Crippen LogP contribution is -2.02. The van der Waals surface area contributed by atoms with Crippen LogP contribution >= 0.6 is 0 Å². The predicted molar refractivity (Wildman–Crippen MR) is 69.2 cm³/mol. The van der Waals surface area contributed by atoms with Crippen molar-refractivity contribution in [1.29, 1.82) is 5.26 Å². The summed E-state index contributed by atoms with van der Waals surface area (Å²) in [7, 11) is 1.54. The van der Waals surface area contributed by atoms with Gasteiger partial charge in [0.05, 0.1) is 30.6 Å². The summed E-state index contributed by atoms with van der Waals surface area (Å²) in [6, 6.07) is 9.83. The number of pyridine rings is 1. The quantitative estimate of drug-likeness (QED) is 0.914. The van der Waals surface area contributed by atoms with Gasteiger partial charge in [0.15, 0.2) is 0 Å². The van der Waals surface area contributed by atoms with E-state index in [-0.39, 0.29) is 0 Å². The lowest BCUT2D eigenvalue weighted by atomic mass is 10.1. The van der Waals surface area contributed by atoms with Crippen LogP contribution in [0.4, 0.5) is 10.1 Å². The van der Waals surface area contributed by atoms with Crippen LogP contribution in [0.15, 0.2) is 36.5 Å². The van der Waals surface area contributed by atoms with Crippen LogP contribution in [0.1, 0.15) is 11.1 Å². The lowest BCUT2D eigenvalue weighted by Gasteiger charge is -2.07. The van der Waals surface area contributed by atoms with Crippen LogP contribution in [0, 0.1) is 17.1 Å². The maximum absolute atomic E-state index is 13.6. The van der Waals surface area contributed by atoms with E-state index in [1.54, 1.807) is 37.6 Å². The van der Waals surface area contributed by atoms with Crippen molar-refractivity contribution in [2.45, 2.75) is 6.54 Å². The molecule has 0 aliphatic carbocycles. The van der Waals surface area contributed by atoms with Gasteiger partial charge in [0.1, 0.15) is 5.82 Å². The summed E-state index contributed by atoms with van der Waals surface area (Å²) in [5.74, 6) is 0.128. The van der Waals surface area contributed by atoms with Gasteiger partial charge in [0.25, 0.3) is 0 Å². The van der Waals surface area contributed by atoms with E-state index in [0.29, 0.717) is 23.6 Å². The molecule has 2 rings (SSSR count). The third kappa shape index (κ3) is 3.19. The summed E-state index contributed by atoms with van der Waals surface area (Å²) in [5.41, 5.74) is 1.58. The molecule has 0 saturated carbocycles. The van der Waals surface area contributed by atoms with Crippen molar-refractivity contribution in [3.8, 4) is 11.9 Å². The number of nitrogens with zero attached hydrogens (tertiary/aromatic N) is 2. The first-order valence-electron chi connectivity index (χ1n) is 5.65. The van der Waals surface area contributed by atoms with Gasteiger partial charge in [-0.05, 0) is 18.2 Å². The smallest absolute Gasteiger partial charge is 0.213 e. The summed E-state index contributed by atoms with van der Waals surface area (Å²) in [4.78, 5) is 4.04. The molecule has 0 aliphatic heterocycles. The molecular formula is C14H12FN3O. The number of methoxy groups -OCH3 is 1. The van der Waals surface area contributed by atoms with Gasteiger partial charge in [-0.3, -0.25) is 0 Å². The van der Waals surface area contributed by atoms with Crippen LogP contribution in [0.25, 0.3) is 0 Å². The zero-order valence-electron chi connectivity index (χ0n) is 10.4. The minimum Gasteiger partial charge on any atom is -0.481 e. The van der Waals surface area contributed by atoms with Crippen LogP contribution in [-0.4, -0.2) is 12.1 Å². The third-order valence-corrected chi connectivity index (χ3v) is 2.61. The number of ether oxygens (including phenoxy) is 1. The molecule has 96 valence electrons. The fourth-order valence-corrected chi connectivity index (χ4v) is 1.56. The van der Waals surface area contributed by atoms with Crippen molar-refractivity contribution >= 4 is 5.69 Å². The highest BCUT2D eigenvalue weighted by atomic mass is 19.1. The fourth-order valence-electron chi connectivity index (χ4n) is 1.56. The third-order valence-electron chi connectivity index (χ3n) is 2.61. The highest BCUT2D eigenvalue weighted by molar-refractivity contribution is 5.43. The van der Waals surface area contributed by atoms with Crippen molar-refractivity contribution in [1.82, 2.24) is 4.98 Å². The van der Waals surface area contributed by atoms with Crippen LogP contribution in [-0.2, 0) is 6.54 Å². The molecule has 1 N–H and O–H groups in total. The molecule has 0 radical (unpaired) electrons. The number of benzene rings is 1. The standard InChI is InChI=1S/C14H12FN3O/c1-19-14-5-4-12(9-18-14)17-8-11-3-2-10(7-16)6-13(11)15/h2-6,9,17H,8H2,1H3. The first kappa shape index (κ1) is 12.8. The molecule has 5 heteroatoms. The Labute approximate surface area is 110 Å². The van der Waals surface area contributed by atoms with Gasteiger partial charge in [-0.25, -0.2) is 9.37 Å². The van der Waals surface area contributed by atoms with Crippen molar-refractivity contribution in [2.75, 3.05) is 12.4 Å². The normalized spacial score (nSPS) is 9.74. The minimum absolute atomic E-state index is 0.312. The monoisotopic (exact) mass is 257 g/mol. The fraction of sp³-hybridized carbons (Fsp3) is 0.143. The Morgan fingerprint density at radius 2 is 2.21 bits per heavy atom. The van der Waals surface area contributed by atoms with Crippen molar-refractivity contribution in [3.63, 3.8) is 0 Å². The van der Waals surface area contributed by atoms with Gasteiger partial charge in [-0.15, -0.1) is 0 Å². The largest absolute Gasteiger partial charge is 0.481 e. The van der Waals surface area contributed by atoms with Crippen LogP contribution in [0.3, 0.4) is 0 Å². The first-order chi connectivity index (χ1) is 9.22.